The molecule has 0 saturated carbocycles. The Morgan fingerprint density at radius 2 is 1.39 bits per heavy atom. The number of ether oxygens (including phenoxy) is 1. The highest BCUT2D eigenvalue weighted by Crippen LogP contribution is 2.20. The van der Waals surface area contributed by atoms with Gasteiger partial charge in [-0.2, -0.15) is 0 Å². The molecule has 1 atom stereocenters. The predicted octanol–water partition coefficient (Wildman–Crippen LogP) is 5.81. The number of nitrogens with one attached hydrogen (secondary N) is 3. The molecule has 44 heavy (non-hydrogen) atoms. The van der Waals surface area contributed by atoms with Gasteiger partial charge in [-0.3, -0.25) is 14.4 Å². The van der Waals surface area contributed by atoms with E-state index in [1.54, 1.807) is 36.4 Å². The van der Waals surface area contributed by atoms with Gasteiger partial charge in [-0.15, -0.1) is 0 Å². The van der Waals surface area contributed by atoms with Crippen LogP contribution < -0.4 is 16.0 Å². The Hall–Kier alpha value is -5.44. The average Bonchev–Trinajstić information content (AvgIpc) is 3.05. The van der Waals surface area contributed by atoms with Gasteiger partial charge in [-0.05, 0) is 59.7 Å². The normalized spacial score (nSPS) is 11.2. The smallest absolute Gasteiger partial charge is 0.407 e. The van der Waals surface area contributed by atoms with E-state index >= 15 is 0 Å². The van der Waals surface area contributed by atoms with Gasteiger partial charge in [0, 0.05) is 24.2 Å². The molecule has 3 amide bonds. The van der Waals surface area contributed by atoms with Crippen molar-refractivity contribution < 1.29 is 29.0 Å². The number of anilines is 1. The molecule has 9 nitrogen and oxygen atoms in total. The van der Waals surface area contributed by atoms with Crippen molar-refractivity contribution >= 4 is 29.6 Å². The first-order chi connectivity index (χ1) is 21.4. The number of rotatable bonds is 14. The molecule has 0 aliphatic rings. The minimum absolute atomic E-state index is 0.0853. The molecule has 0 heterocycles. The van der Waals surface area contributed by atoms with Crippen LogP contribution in [0.15, 0.2) is 109 Å². The molecule has 4 N–H and O–H groups in total. The summed E-state index contributed by atoms with van der Waals surface area (Å²) in [6.07, 6.45) is 0.191. The summed E-state index contributed by atoms with van der Waals surface area (Å²) in [4.78, 5) is 49.9. The predicted molar refractivity (Wildman–Crippen MR) is 168 cm³/mol. The van der Waals surface area contributed by atoms with E-state index in [1.807, 2.05) is 72.8 Å². The summed E-state index contributed by atoms with van der Waals surface area (Å²) in [7, 11) is 0. The van der Waals surface area contributed by atoms with Gasteiger partial charge in [-0.25, -0.2) is 4.79 Å². The monoisotopic (exact) mass is 593 g/mol. The Morgan fingerprint density at radius 3 is 2.09 bits per heavy atom. The molecule has 0 spiro atoms. The van der Waals surface area contributed by atoms with Crippen LogP contribution in [0.4, 0.5) is 10.5 Å². The Balaban J connectivity index is 1.39. The summed E-state index contributed by atoms with van der Waals surface area (Å²) in [5.74, 6) is -1.81. The maximum Gasteiger partial charge on any atom is 0.407 e. The number of benzene rings is 4. The van der Waals surface area contributed by atoms with E-state index in [1.165, 1.54) is 0 Å². The highest BCUT2D eigenvalue weighted by Gasteiger charge is 2.22. The third-order valence-electron chi connectivity index (χ3n) is 6.91. The summed E-state index contributed by atoms with van der Waals surface area (Å²) in [5.41, 5.74) is 4.39. The molecule has 0 radical (unpaired) electrons. The standard InChI is InChI=1S/C35H35N3O6/c39-32(40)22-21-28-14-7-8-15-30(28)37-34(42)31(16-9-23-36-35(43)44-24-25-10-3-1-4-11-25)38-33(41)29-19-17-27(18-20-29)26-12-5-2-6-13-26/h1-8,10-15,17-20,31H,9,16,21-24H2,(H,36,43)(H,37,42)(H,38,41)(H,39,40)/t31-/m0/s1. The van der Waals surface area contributed by atoms with E-state index in [9.17, 15) is 19.2 Å². The molecule has 0 saturated heterocycles. The van der Waals surface area contributed by atoms with Gasteiger partial charge in [0.2, 0.25) is 5.91 Å². The molecule has 9 heteroatoms. The fraction of sp³-hybridized carbons (Fsp3) is 0.200. The Bertz CT molecular complexity index is 1540. The number of carboxylic acids is 1. The second kappa shape index (κ2) is 16.3. The number of hydrogen-bond donors (Lipinski definition) is 4. The summed E-state index contributed by atoms with van der Waals surface area (Å²) in [5, 5.41) is 17.5. The number of aryl methyl sites for hydroxylation is 1. The molecule has 0 aromatic heterocycles. The summed E-state index contributed by atoms with van der Waals surface area (Å²) in [6.45, 7) is 0.367. The van der Waals surface area contributed by atoms with Gasteiger partial charge in [0.25, 0.3) is 5.91 Å². The average molecular weight is 594 g/mol. The molecule has 4 rings (SSSR count). The minimum Gasteiger partial charge on any atom is -0.481 e. The third kappa shape index (κ3) is 9.84. The third-order valence-corrected chi connectivity index (χ3v) is 6.91. The van der Waals surface area contributed by atoms with Gasteiger partial charge in [0.15, 0.2) is 0 Å². The minimum atomic E-state index is -0.940. The number of hydrogen-bond acceptors (Lipinski definition) is 5. The zero-order valence-electron chi connectivity index (χ0n) is 24.2. The number of carbonyl (C=O) groups excluding carboxylic acids is 3. The highest BCUT2D eigenvalue weighted by atomic mass is 16.5. The summed E-state index contributed by atoms with van der Waals surface area (Å²) < 4.78 is 5.24. The van der Waals surface area contributed by atoms with Gasteiger partial charge in [-0.1, -0.05) is 91.0 Å². The van der Waals surface area contributed by atoms with Crippen LogP contribution >= 0.6 is 0 Å². The molecule has 0 aliphatic carbocycles. The number of carbonyl (C=O) groups is 4. The lowest BCUT2D eigenvalue weighted by Gasteiger charge is -2.20. The molecule has 0 fully saturated rings. The fourth-order valence-electron chi connectivity index (χ4n) is 4.55. The Kier molecular flexibility index (Phi) is 11.6. The van der Waals surface area contributed by atoms with E-state index in [4.69, 9.17) is 9.84 Å². The lowest BCUT2D eigenvalue weighted by molar-refractivity contribution is -0.137. The van der Waals surface area contributed by atoms with E-state index in [0.717, 1.165) is 16.7 Å². The molecule has 0 bridgehead atoms. The first-order valence-corrected chi connectivity index (χ1v) is 14.4. The van der Waals surface area contributed by atoms with Crippen LogP contribution in [-0.2, 0) is 27.4 Å². The van der Waals surface area contributed by atoms with Crippen LogP contribution in [-0.4, -0.2) is 41.6 Å². The van der Waals surface area contributed by atoms with Crippen molar-refractivity contribution in [3.05, 3.63) is 126 Å². The van der Waals surface area contributed by atoms with Crippen LogP contribution in [0.3, 0.4) is 0 Å². The number of carboxylic acid groups (broad SMARTS) is 1. The number of aliphatic carboxylic acids is 1. The topological polar surface area (TPSA) is 134 Å². The quantitative estimate of drug-likeness (QED) is 0.136. The number of alkyl carbamates (subject to hydrolysis) is 1. The molecule has 4 aromatic carbocycles. The highest BCUT2D eigenvalue weighted by molar-refractivity contribution is 6.01. The second-order valence-corrected chi connectivity index (χ2v) is 10.1. The van der Waals surface area contributed by atoms with Gasteiger partial charge < -0.3 is 25.8 Å². The maximum atomic E-state index is 13.4. The first-order valence-electron chi connectivity index (χ1n) is 14.4. The second-order valence-electron chi connectivity index (χ2n) is 10.1. The van der Waals surface area contributed by atoms with E-state index in [0.29, 0.717) is 23.2 Å². The van der Waals surface area contributed by atoms with Crippen LogP contribution in [0.25, 0.3) is 11.1 Å². The summed E-state index contributed by atoms with van der Waals surface area (Å²) >= 11 is 0. The number of para-hydroxylation sites is 1. The van der Waals surface area contributed by atoms with Crippen LogP contribution in [0.1, 0.15) is 40.7 Å². The molecule has 0 unspecified atom stereocenters. The number of amides is 3. The van der Waals surface area contributed by atoms with Crippen LogP contribution in [0.2, 0.25) is 0 Å². The van der Waals surface area contributed by atoms with Crippen molar-refractivity contribution in [1.29, 1.82) is 0 Å². The molecule has 0 aliphatic heterocycles. The van der Waals surface area contributed by atoms with Crippen molar-refractivity contribution in [1.82, 2.24) is 10.6 Å². The zero-order valence-corrected chi connectivity index (χ0v) is 24.2. The van der Waals surface area contributed by atoms with Crippen molar-refractivity contribution in [2.24, 2.45) is 0 Å². The van der Waals surface area contributed by atoms with E-state index < -0.39 is 29.9 Å². The first kappa shape index (κ1) is 31.5. The van der Waals surface area contributed by atoms with Gasteiger partial charge in [0.1, 0.15) is 12.6 Å². The van der Waals surface area contributed by atoms with E-state index in [-0.39, 0.29) is 32.4 Å². The van der Waals surface area contributed by atoms with Crippen molar-refractivity contribution in [2.45, 2.75) is 38.3 Å². The van der Waals surface area contributed by atoms with Crippen molar-refractivity contribution in [2.75, 3.05) is 11.9 Å². The van der Waals surface area contributed by atoms with Gasteiger partial charge in [0.05, 0.1) is 0 Å². The van der Waals surface area contributed by atoms with Crippen molar-refractivity contribution in [3.63, 3.8) is 0 Å². The fourth-order valence-corrected chi connectivity index (χ4v) is 4.55. The molecule has 226 valence electrons. The maximum absolute atomic E-state index is 13.4. The van der Waals surface area contributed by atoms with E-state index in [2.05, 4.69) is 16.0 Å². The zero-order chi connectivity index (χ0) is 31.1. The molecular formula is C35H35N3O6. The van der Waals surface area contributed by atoms with Crippen LogP contribution in [0, 0.1) is 0 Å². The van der Waals surface area contributed by atoms with Crippen molar-refractivity contribution in [3.8, 4) is 11.1 Å². The lowest BCUT2D eigenvalue weighted by Crippen LogP contribution is -2.44. The Labute approximate surface area is 256 Å². The van der Waals surface area contributed by atoms with Gasteiger partial charge >= 0.3 is 12.1 Å². The summed E-state index contributed by atoms with van der Waals surface area (Å²) in [6, 6.07) is 32.2. The molecular weight excluding hydrogens is 558 g/mol. The van der Waals surface area contributed by atoms with Crippen LogP contribution in [0.5, 0.6) is 0 Å². The SMILES string of the molecule is O=C(O)CCc1ccccc1NC(=O)[C@H](CCCNC(=O)OCc1ccccc1)NC(=O)c1ccc(-c2ccccc2)cc1. The lowest BCUT2D eigenvalue weighted by atomic mass is 10.0. The largest absolute Gasteiger partial charge is 0.481 e. The Morgan fingerprint density at radius 1 is 0.750 bits per heavy atom. The molecule has 4 aromatic rings.